The molecule has 1 saturated heterocycles. The molecule has 1 aliphatic rings. The van der Waals surface area contributed by atoms with Crippen molar-refractivity contribution in [2.24, 2.45) is 0 Å². The van der Waals surface area contributed by atoms with Crippen LogP contribution in [0.2, 0.25) is 5.02 Å². The highest BCUT2D eigenvalue weighted by molar-refractivity contribution is 6.30. The second-order valence-corrected chi connectivity index (χ2v) is 7.35. The van der Waals surface area contributed by atoms with Crippen molar-refractivity contribution in [3.8, 4) is 5.75 Å². The summed E-state index contributed by atoms with van der Waals surface area (Å²) in [6.07, 6.45) is 1.39. The molecule has 156 valence electrons. The van der Waals surface area contributed by atoms with Crippen LogP contribution >= 0.6 is 11.6 Å². The molecule has 0 radical (unpaired) electrons. The van der Waals surface area contributed by atoms with Gasteiger partial charge in [-0.1, -0.05) is 23.7 Å². The number of phenolic OH excluding ortho intramolecular Hbond substituents is 1. The molecule has 1 fully saturated rings. The van der Waals surface area contributed by atoms with E-state index in [1.807, 2.05) is 4.90 Å². The van der Waals surface area contributed by atoms with Crippen molar-refractivity contribution in [1.82, 2.24) is 9.88 Å². The molecule has 0 saturated carbocycles. The number of nitrogens with zero attached hydrogens (tertiary/aromatic N) is 2. The fourth-order valence-corrected chi connectivity index (χ4v) is 3.00. The summed E-state index contributed by atoms with van der Waals surface area (Å²) in [5, 5.41) is 23.6. The number of aromatic nitrogens is 1. The SMILES string of the molecule is N=C(c1ccc(C(=O)Nc2ccc(O)cc2C(=O)Nc2ccc(Cl)cn2)cc1)N1CC1. The van der Waals surface area contributed by atoms with Gasteiger partial charge >= 0.3 is 0 Å². The summed E-state index contributed by atoms with van der Waals surface area (Å²) in [5.41, 5.74) is 1.41. The molecule has 9 heteroatoms. The molecule has 4 N–H and O–H groups in total. The Morgan fingerprint density at radius 2 is 1.68 bits per heavy atom. The summed E-state index contributed by atoms with van der Waals surface area (Å²) in [7, 11) is 0. The molecule has 0 unspecified atom stereocenters. The Balaban J connectivity index is 1.51. The van der Waals surface area contributed by atoms with Gasteiger partial charge in [0, 0.05) is 30.4 Å². The summed E-state index contributed by atoms with van der Waals surface area (Å²) in [6, 6.07) is 13.9. The van der Waals surface area contributed by atoms with Gasteiger partial charge in [-0.15, -0.1) is 0 Å². The molecular weight excluding hydrogens is 418 g/mol. The second-order valence-electron chi connectivity index (χ2n) is 6.91. The van der Waals surface area contributed by atoms with Crippen LogP contribution in [0.4, 0.5) is 11.5 Å². The van der Waals surface area contributed by atoms with Crippen LogP contribution in [0, 0.1) is 5.41 Å². The molecule has 3 aromatic rings. The first-order chi connectivity index (χ1) is 14.9. The molecule has 8 nitrogen and oxygen atoms in total. The topological polar surface area (TPSA) is 118 Å². The van der Waals surface area contributed by atoms with Crippen LogP contribution in [0.15, 0.2) is 60.8 Å². The zero-order valence-corrected chi connectivity index (χ0v) is 17.0. The Labute approximate surface area is 183 Å². The van der Waals surface area contributed by atoms with Crippen molar-refractivity contribution in [2.45, 2.75) is 0 Å². The maximum absolute atomic E-state index is 12.7. The first kappa shape index (κ1) is 20.4. The summed E-state index contributed by atoms with van der Waals surface area (Å²) in [5.74, 6) is -0.387. The Bertz CT molecular complexity index is 1160. The van der Waals surface area contributed by atoms with Gasteiger partial charge in [-0.05, 0) is 42.5 Å². The summed E-state index contributed by atoms with van der Waals surface area (Å²) in [4.78, 5) is 31.3. The van der Waals surface area contributed by atoms with E-state index >= 15 is 0 Å². The van der Waals surface area contributed by atoms with Crippen LogP contribution in [0.25, 0.3) is 0 Å². The second kappa shape index (κ2) is 8.45. The first-order valence-corrected chi connectivity index (χ1v) is 9.80. The minimum atomic E-state index is -0.552. The Morgan fingerprint density at radius 3 is 2.32 bits per heavy atom. The molecule has 0 spiro atoms. The molecule has 0 aliphatic carbocycles. The number of rotatable bonds is 5. The third-order valence-electron chi connectivity index (χ3n) is 4.65. The lowest BCUT2D eigenvalue weighted by Crippen LogP contribution is -2.19. The molecule has 0 atom stereocenters. The van der Waals surface area contributed by atoms with Gasteiger partial charge in [0.2, 0.25) is 0 Å². The zero-order chi connectivity index (χ0) is 22.0. The van der Waals surface area contributed by atoms with Crippen molar-refractivity contribution in [3.63, 3.8) is 0 Å². The van der Waals surface area contributed by atoms with Gasteiger partial charge in [0.25, 0.3) is 11.8 Å². The number of carbonyl (C=O) groups is 2. The van der Waals surface area contributed by atoms with Gasteiger partial charge < -0.3 is 20.6 Å². The van der Waals surface area contributed by atoms with Crippen LogP contribution in [-0.2, 0) is 0 Å². The van der Waals surface area contributed by atoms with Crippen LogP contribution in [-0.4, -0.2) is 45.7 Å². The lowest BCUT2D eigenvalue weighted by atomic mass is 10.1. The highest BCUT2D eigenvalue weighted by Crippen LogP contribution is 2.23. The van der Waals surface area contributed by atoms with Gasteiger partial charge in [-0.3, -0.25) is 15.0 Å². The van der Waals surface area contributed by atoms with E-state index in [0.29, 0.717) is 16.4 Å². The number of nitrogens with one attached hydrogen (secondary N) is 3. The van der Waals surface area contributed by atoms with Gasteiger partial charge in [-0.2, -0.15) is 0 Å². The van der Waals surface area contributed by atoms with E-state index in [4.69, 9.17) is 17.0 Å². The van der Waals surface area contributed by atoms with Gasteiger partial charge in [0.1, 0.15) is 17.4 Å². The lowest BCUT2D eigenvalue weighted by Gasteiger charge is -2.12. The number of phenols is 1. The number of benzene rings is 2. The predicted octanol–water partition coefficient (Wildman–Crippen LogP) is 3.59. The zero-order valence-electron chi connectivity index (χ0n) is 16.2. The van der Waals surface area contributed by atoms with E-state index in [9.17, 15) is 14.7 Å². The normalized spacial score (nSPS) is 12.2. The predicted molar refractivity (Wildman–Crippen MR) is 118 cm³/mol. The van der Waals surface area contributed by atoms with E-state index in [0.717, 1.165) is 18.7 Å². The third kappa shape index (κ3) is 4.81. The van der Waals surface area contributed by atoms with Crippen molar-refractivity contribution >= 4 is 40.8 Å². The monoisotopic (exact) mass is 435 g/mol. The number of aromatic hydroxyl groups is 1. The highest BCUT2D eigenvalue weighted by atomic mass is 35.5. The van der Waals surface area contributed by atoms with Crippen molar-refractivity contribution in [1.29, 1.82) is 5.41 Å². The van der Waals surface area contributed by atoms with Crippen LogP contribution < -0.4 is 10.6 Å². The highest BCUT2D eigenvalue weighted by Gasteiger charge is 2.22. The minimum Gasteiger partial charge on any atom is -0.508 e. The number of amides is 2. The number of hydrogen-bond donors (Lipinski definition) is 4. The third-order valence-corrected chi connectivity index (χ3v) is 4.87. The minimum absolute atomic E-state index is 0.0741. The maximum atomic E-state index is 12.7. The van der Waals surface area contributed by atoms with Crippen molar-refractivity contribution in [3.05, 3.63) is 82.5 Å². The van der Waals surface area contributed by atoms with Gasteiger partial charge in [0.05, 0.1) is 16.3 Å². The summed E-state index contributed by atoms with van der Waals surface area (Å²) >= 11 is 5.80. The van der Waals surface area contributed by atoms with E-state index in [1.54, 1.807) is 36.4 Å². The first-order valence-electron chi connectivity index (χ1n) is 9.42. The number of pyridine rings is 1. The van der Waals surface area contributed by atoms with E-state index in [-0.39, 0.29) is 22.8 Å². The smallest absolute Gasteiger partial charge is 0.259 e. The number of amidine groups is 1. The molecular formula is C22H18ClN5O3. The van der Waals surface area contributed by atoms with Crippen LogP contribution in [0.1, 0.15) is 26.3 Å². The van der Waals surface area contributed by atoms with E-state index in [2.05, 4.69) is 15.6 Å². The van der Waals surface area contributed by atoms with Crippen LogP contribution in [0.3, 0.4) is 0 Å². The molecule has 1 aromatic heterocycles. The number of anilines is 2. The fraction of sp³-hybridized carbons (Fsp3) is 0.0909. The quantitative estimate of drug-likeness (QED) is 0.211. The van der Waals surface area contributed by atoms with Crippen molar-refractivity contribution in [2.75, 3.05) is 23.7 Å². The lowest BCUT2D eigenvalue weighted by molar-refractivity contribution is 0.102. The molecule has 2 heterocycles. The Hall–Kier alpha value is -3.91. The molecule has 0 bridgehead atoms. The van der Waals surface area contributed by atoms with Gasteiger partial charge in [0.15, 0.2) is 0 Å². The van der Waals surface area contributed by atoms with E-state index < -0.39 is 11.8 Å². The van der Waals surface area contributed by atoms with Gasteiger partial charge in [-0.25, -0.2) is 4.98 Å². The standard InChI is InChI=1S/C22H18ClN5O3/c23-15-5-8-19(25-12-15)27-22(31)17-11-16(29)6-7-18(17)26-21(30)14-3-1-13(2-4-14)20(24)28-9-10-28/h1-8,11-12,24,29H,9-10H2,(H,26,30)(H,25,27,31). The summed E-state index contributed by atoms with van der Waals surface area (Å²) in [6.45, 7) is 1.75. The maximum Gasteiger partial charge on any atom is 0.259 e. The molecule has 2 amide bonds. The molecule has 31 heavy (non-hydrogen) atoms. The molecule has 1 aliphatic heterocycles. The number of carbonyl (C=O) groups excluding carboxylic acids is 2. The largest absolute Gasteiger partial charge is 0.508 e. The molecule has 4 rings (SSSR count). The number of halogens is 1. The average molecular weight is 436 g/mol. The Kier molecular flexibility index (Phi) is 5.55. The van der Waals surface area contributed by atoms with E-state index in [1.165, 1.54) is 24.4 Å². The Morgan fingerprint density at radius 1 is 0.968 bits per heavy atom. The summed E-state index contributed by atoms with van der Waals surface area (Å²) < 4.78 is 0. The van der Waals surface area contributed by atoms with Crippen LogP contribution in [0.5, 0.6) is 5.75 Å². The molecule has 2 aromatic carbocycles. The fourth-order valence-electron chi connectivity index (χ4n) is 2.89. The number of hydrogen-bond acceptors (Lipinski definition) is 5. The average Bonchev–Trinajstić information content (AvgIpc) is 3.61. The van der Waals surface area contributed by atoms with Crippen molar-refractivity contribution < 1.29 is 14.7 Å².